The van der Waals surface area contributed by atoms with Crippen LogP contribution in [-0.4, -0.2) is 22.4 Å². The van der Waals surface area contributed by atoms with E-state index in [1.54, 1.807) is 4.68 Å². The van der Waals surface area contributed by atoms with Crippen LogP contribution in [0.5, 0.6) is 0 Å². The Morgan fingerprint density at radius 2 is 2.21 bits per heavy atom. The number of hydrogen-bond donors (Lipinski definition) is 1. The van der Waals surface area contributed by atoms with Crippen LogP contribution in [0, 0.1) is 5.92 Å². The molecule has 0 radical (unpaired) electrons. The molecule has 108 valence electrons. The molecule has 19 heavy (non-hydrogen) atoms. The van der Waals surface area contributed by atoms with Gasteiger partial charge in [0.25, 0.3) is 0 Å². The molecule has 1 aromatic rings. The van der Waals surface area contributed by atoms with Crippen molar-refractivity contribution in [3.63, 3.8) is 0 Å². The van der Waals surface area contributed by atoms with Gasteiger partial charge in [-0.1, -0.05) is 33.1 Å². The second kappa shape index (κ2) is 7.81. The van der Waals surface area contributed by atoms with E-state index in [-0.39, 0.29) is 5.97 Å². The van der Waals surface area contributed by atoms with Crippen LogP contribution < -0.4 is 5.73 Å². The first-order valence-corrected chi connectivity index (χ1v) is 7.12. The Kier molecular flexibility index (Phi) is 6.39. The number of unbranched alkanes of at least 4 members (excludes halogenated alkanes) is 1. The summed E-state index contributed by atoms with van der Waals surface area (Å²) in [5.41, 5.74) is 6.50. The summed E-state index contributed by atoms with van der Waals surface area (Å²) in [6, 6.07) is 0. The van der Waals surface area contributed by atoms with Gasteiger partial charge in [-0.25, -0.2) is 4.79 Å². The molecule has 0 bridgehead atoms. The van der Waals surface area contributed by atoms with E-state index in [0.717, 1.165) is 12.8 Å². The number of anilines is 1. The maximum atomic E-state index is 12.0. The van der Waals surface area contributed by atoms with Gasteiger partial charge in [0.2, 0.25) is 0 Å². The van der Waals surface area contributed by atoms with Gasteiger partial charge in [0.15, 0.2) is 5.69 Å². The van der Waals surface area contributed by atoms with Crippen molar-refractivity contribution < 1.29 is 9.53 Å². The number of carbonyl (C=O) groups excluding carboxylic acids is 1. The van der Waals surface area contributed by atoms with Gasteiger partial charge in [-0.3, -0.25) is 4.68 Å². The van der Waals surface area contributed by atoms with Gasteiger partial charge < -0.3 is 10.5 Å². The number of esters is 1. The molecule has 5 heteroatoms. The Labute approximate surface area is 115 Å². The van der Waals surface area contributed by atoms with Crippen molar-refractivity contribution in [3.05, 3.63) is 11.9 Å². The summed E-state index contributed by atoms with van der Waals surface area (Å²) in [5.74, 6) is 0.0647. The second-order valence-electron chi connectivity index (χ2n) is 4.78. The Hall–Kier alpha value is -1.52. The molecular formula is C14H25N3O2. The lowest BCUT2D eigenvalue weighted by Crippen LogP contribution is -2.18. The monoisotopic (exact) mass is 267 g/mol. The van der Waals surface area contributed by atoms with Gasteiger partial charge in [0.05, 0.1) is 18.5 Å². The molecule has 0 amide bonds. The van der Waals surface area contributed by atoms with Gasteiger partial charge >= 0.3 is 5.97 Å². The molecule has 1 unspecified atom stereocenters. The first kappa shape index (κ1) is 15.5. The summed E-state index contributed by atoms with van der Waals surface area (Å²) in [4.78, 5) is 12.0. The zero-order valence-electron chi connectivity index (χ0n) is 12.2. The smallest absolute Gasteiger partial charge is 0.358 e. The maximum Gasteiger partial charge on any atom is 0.358 e. The lowest BCUT2D eigenvalue weighted by Gasteiger charge is -2.15. The Bertz CT molecular complexity index is 401. The molecule has 5 nitrogen and oxygen atoms in total. The van der Waals surface area contributed by atoms with Gasteiger partial charge in [-0.05, 0) is 19.3 Å². The second-order valence-corrected chi connectivity index (χ2v) is 4.78. The highest BCUT2D eigenvalue weighted by molar-refractivity contribution is 5.93. The molecular weight excluding hydrogens is 242 g/mol. The van der Waals surface area contributed by atoms with Crippen LogP contribution in [0.1, 0.15) is 56.9 Å². The van der Waals surface area contributed by atoms with Crippen molar-refractivity contribution in [1.82, 2.24) is 9.78 Å². The number of aromatic nitrogens is 2. The molecule has 0 aliphatic heterocycles. The summed E-state index contributed by atoms with van der Waals surface area (Å²) in [6.07, 6.45) is 5.96. The summed E-state index contributed by atoms with van der Waals surface area (Å²) < 4.78 is 6.95. The number of nitrogen functional groups attached to an aromatic ring is 1. The average Bonchev–Trinajstić information content (AvgIpc) is 2.79. The number of carbonyl (C=O) groups is 1. The number of hydrogen-bond acceptors (Lipinski definition) is 4. The lowest BCUT2D eigenvalue weighted by atomic mass is 10.0. The van der Waals surface area contributed by atoms with E-state index in [9.17, 15) is 4.79 Å². The predicted molar refractivity (Wildman–Crippen MR) is 75.9 cm³/mol. The third-order valence-electron chi connectivity index (χ3n) is 3.35. The van der Waals surface area contributed by atoms with Crippen molar-refractivity contribution in [1.29, 1.82) is 0 Å². The first-order valence-electron chi connectivity index (χ1n) is 7.12. The maximum absolute atomic E-state index is 12.0. The lowest BCUT2D eigenvalue weighted by molar-refractivity contribution is 0.0415. The van der Waals surface area contributed by atoms with Crippen LogP contribution in [0.2, 0.25) is 0 Å². The third kappa shape index (κ3) is 4.26. The van der Waals surface area contributed by atoms with E-state index in [1.807, 2.05) is 6.92 Å². The topological polar surface area (TPSA) is 70.1 Å². The van der Waals surface area contributed by atoms with Crippen molar-refractivity contribution in [3.8, 4) is 0 Å². The van der Waals surface area contributed by atoms with Crippen LogP contribution in [0.3, 0.4) is 0 Å². The van der Waals surface area contributed by atoms with E-state index in [4.69, 9.17) is 10.5 Å². The molecule has 2 N–H and O–H groups in total. The van der Waals surface area contributed by atoms with E-state index < -0.39 is 0 Å². The highest BCUT2D eigenvalue weighted by Crippen LogP contribution is 2.16. The highest BCUT2D eigenvalue weighted by Gasteiger charge is 2.19. The van der Waals surface area contributed by atoms with Gasteiger partial charge in [-0.2, -0.15) is 5.10 Å². The molecule has 0 saturated heterocycles. The molecule has 1 aromatic heterocycles. The van der Waals surface area contributed by atoms with Gasteiger partial charge in [0, 0.05) is 6.54 Å². The minimum atomic E-state index is -0.369. The van der Waals surface area contributed by atoms with E-state index in [1.165, 1.54) is 19.0 Å². The van der Waals surface area contributed by atoms with Crippen molar-refractivity contribution in [2.24, 2.45) is 5.92 Å². The molecule has 1 heterocycles. The summed E-state index contributed by atoms with van der Waals surface area (Å²) in [6.45, 7) is 7.27. The Balaban J connectivity index is 2.56. The predicted octanol–water partition coefficient (Wildman–Crippen LogP) is 2.86. The average molecular weight is 267 g/mol. The SMILES string of the molecule is CCCCC(CC)COC(=O)c1c(N)cnn1CC. The zero-order chi connectivity index (χ0) is 14.3. The molecule has 0 aromatic carbocycles. The van der Waals surface area contributed by atoms with Gasteiger partial charge in [-0.15, -0.1) is 0 Å². The van der Waals surface area contributed by atoms with E-state index in [2.05, 4.69) is 18.9 Å². The fourth-order valence-corrected chi connectivity index (χ4v) is 2.02. The minimum Gasteiger partial charge on any atom is -0.461 e. The van der Waals surface area contributed by atoms with Crippen molar-refractivity contribution in [2.75, 3.05) is 12.3 Å². The van der Waals surface area contributed by atoms with Crippen LogP contribution in [0.15, 0.2) is 6.20 Å². The molecule has 0 aliphatic rings. The molecule has 1 atom stereocenters. The van der Waals surface area contributed by atoms with Crippen molar-refractivity contribution >= 4 is 11.7 Å². The fourth-order valence-electron chi connectivity index (χ4n) is 2.02. The fraction of sp³-hybridized carbons (Fsp3) is 0.714. The Morgan fingerprint density at radius 1 is 1.47 bits per heavy atom. The first-order chi connectivity index (χ1) is 9.13. The minimum absolute atomic E-state index is 0.368. The zero-order valence-corrected chi connectivity index (χ0v) is 12.2. The highest BCUT2D eigenvalue weighted by atomic mass is 16.5. The Morgan fingerprint density at radius 3 is 2.79 bits per heavy atom. The van der Waals surface area contributed by atoms with Crippen LogP contribution in [0.4, 0.5) is 5.69 Å². The summed E-state index contributed by atoms with van der Waals surface area (Å²) in [7, 11) is 0. The molecule has 0 fully saturated rings. The quantitative estimate of drug-likeness (QED) is 0.735. The third-order valence-corrected chi connectivity index (χ3v) is 3.35. The number of aryl methyl sites for hydroxylation is 1. The molecule has 0 saturated carbocycles. The largest absolute Gasteiger partial charge is 0.461 e. The van der Waals surface area contributed by atoms with E-state index >= 15 is 0 Å². The van der Waals surface area contributed by atoms with Gasteiger partial charge in [0.1, 0.15) is 0 Å². The normalized spacial score (nSPS) is 12.4. The molecule has 1 rings (SSSR count). The summed E-state index contributed by atoms with van der Waals surface area (Å²) in [5, 5.41) is 4.04. The standard InChI is InChI=1S/C14H25N3O2/c1-4-7-8-11(5-2)10-19-14(18)13-12(15)9-16-17(13)6-3/h9,11H,4-8,10,15H2,1-3H3. The van der Waals surface area contributed by atoms with Crippen molar-refractivity contribution in [2.45, 2.75) is 53.0 Å². The number of rotatable bonds is 8. The molecule has 0 aliphatic carbocycles. The number of nitrogens with zero attached hydrogens (tertiary/aromatic N) is 2. The van der Waals surface area contributed by atoms with Crippen LogP contribution >= 0.6 is 0 Å². The van der Waals surface area contributed by atoms with E-state index in [0.29, 0.717) is 30.5 Å². The number of nitrogens with two attached hydrogens (primary N) is 1. The number of ether oxygens (including phenoxy) is 1. The molecule has 0 spiro atoms. The summed E-state index contributed by atoms with van der Waals surface area (Å²) >= 11 is 0. The van der Waals surface area contributed by atoms with Crippen LogP contribution in [0.25, 0.3) is 0 Å². The van der Waals surface area contributed by atoms with Crippen LogP contribution in [-0.2, 0) is 11.3 Å².